The lowest BCUT2D eigenvalue weighted by atomic mass is 10.2. The van der Waals surface area contributed by atoms with Crippen LogP contribution in [-0.2, 0) is 14.6 Å². The van der Waals surface area contributed by atoms with Gasteiger partial charge in [0.2, 0.25) is 5.91 Å². The van der Waals surface area contributed by atoms with E-state index in [2.05, 4.69) is 11.2 Å². The van der Waals surface area contributed by atoms with Crippen LogP contribution in [0.4, 0.5) is 5.69 Å². The van der Waals surface area contributed by atoms with Crippen LogP contribution in [0.1, 0.15) is 6.42 Å². The lowest BCUT2D eigenvalue weighted by Crippen LogP contribution is -2.41. The van der Waals surface area contributed by atoms with Crippen LogP contribution < -0.4 is 14.8 Å². The molecule has 1 heterocycles. The van der Waals surface area contributed by atoms with E-state index in [9.17, 15) is 13.2 Å². The molecule has 0 aliphatic carbocycles. The van der Waals surface area contributed by atoms with Crippen molar-refractivity contribution in [2.75, 3.05) is 44.1 Å². The second-order valence-electron chi connectivity index (χ2n) is 5.90. The number of anilines is 1. The van der Waals surface area contributed by atoms with Crippen LogP contribution in [0.5, 0.6) is 11.5 Å². The van der Waals surface area contributed by atoms with Crippen LogP contribution in [0.25, 0.3) is 0 Å². The van der Waals surface area contributed by atoms with E-state index in [1.165, 1.54) is 14.2 Å². The number of sulfone groups is 1. The number of amides is 1. The molecule has 142 valence electrons. The van der Waals surface area contributed by atoms with Crippen LogP contribution in [0.15, 0.2) is 12.1 Å². The summed E-state index contributed by atoms with van der Waals surface area (Å²) in [6.07, 6.45) is 5.84. The van der Waals surface area contributed by atoms with Crippen molar-refractivity contribution in [1.29, 1.82) is 0 Å². The van der Waals surface area contributed by atoms with Crippen LogP contribution in [0, 0.1) is 12.3 Å². The summed E-state index contributed by atoms with van der Waals surface area (Å²) < 4.78 is 33.8. The molecule has 1 aliphatic heterocycles. The number of carbonyl (C=O) groups excluding carboxylic acids is 1. The number of hydrogen-bond donors (Lipinski definition) is 1. The van der Waals surface area contributed by atoms with Gasteiger partial charge in [-0.15, -0.1) is 6.42 Å². The van der Waals surface area contributed by atoms with Gasteiger partial charge in [0, 0.05) is 18.2 Å². The highest BCUT2D eigenvalue weighted by Gasteiger charge is 2.32. The molecule has 0 bridgehead atoms. The van der Waals surface area contributed by atoms with E-state index in [0.29, 0.717) is 28.6 Å². The smallest absolute Gasteiger partial charge is 0.238 e. The Hall–Kier alpha value is -1.95. The van der Waals surface area contributed by atoms with Crippen molar-refractivity contribution in [3.05, 3.63) is 17.2 Å². The van der Waals surface area contributed by atoms with Gasteiger partial charge in [-0.05, 0) is 6.42 Å². The molecule has 1 aromatic rings. The average Bonchev–Trinajstić information content (AvgIpc) is 2.95. The largest absolute Gasteiger partial charge is 0.495 e. The molecule has 26 heavy (non-hydrogen) atoms. The molecule has 1 saturated heterocycles. The summed E-state index contributed by atoms with van der Waals surface area (Å²) in [5.74, 6) is 3.04. The van der Waals surface area contributed by atoms with Gasteiger partial charge >= 0.3 is 0 Å². The zero-order valence-electron chi connectivity index (χ0n) is 14.6. The highest BCUT2D eigenvalue weighted by molar-refractivity contribution is 7.91. The third-order valence-corrected chi connectivity index (χ3v) is 6.16. The first kappa shape index (κ1) is 20.4. The number of halogens is 1. The third kappa shape index (κ3) is 5.04. The molecule has 1 unspecified atom stereocenters. The molecule has 1 amide bonds. The first-order valence-electron chi connectivity index (χ1n) is 7.89. The Morgan fingerprint density at radius 1 is 1.38 bits per heavy atom. The Morgan fingerprint density at radius 3 is 2.62 bits per heavy atom. The Bertz CT molecular complexity index is 819. The lowest BCUT2D eigenvalue weighted by molar-refractivity contribution is -0.117. The van der Waals surface area contributed by atoms with Crippen LogP contribution in [-0.4, -0.2) is 64.1 Å². The van der Waals surface area contributed by atoms with Crippen molar-refractivity contribution in [3.8, 4) is 23.8 Å². The number of terminal acetylenes is 1. The topological polar surface area (TPSA) is 84.9 Å². The van der Waals surface area contributed by atoms with Crippen molar-refractivity contribution in [1.82, 2.24) is 4.90 Å². The standard InChI is InChI=1S/C17H21ClN2O5S/c1-4-6-20(12-5-7-26(22,23)11-12)10-17(21)19-14-9-15(24-2)13(18)8-16(14)25-3/h1,8-9,12H,5-7,10-11H2,2-3H3,(H,19,21). The molecule has 1 aromatic carbocycles. The Morgan fingerprint density at radius 2 is 2.08 bits per heavy atom. The maximum absolute atomic E-state index is 12.5. The molecular weight excluding hydrogens is 380 g/mol. The van der Waals surface area contributed by atoms with E-state index >= 15 is 0 Å². The van der Waals surface area contributed by atoms with E-state index in [0.717, 1.165) is 0 Å². The molecule has 0 saturated carbocycles. The summed E-state index contributed by atoms with van der Waals surface area (Å²) in [6.45, 7) is 0.160. The summed E-state index contributed by atoms with van der Waals surface area (Å²) >= 11 is 6.05. The van der Waals surface area contributed by atoms with E-state index in [1.807, 2.05) is 0 Å². The normalized spacial score (nSPS) is 18.3. The van der Waals surface area contributed by atoms with E-state index in [4.69, 9.17) is 27.5 Å². The molecule has 1 atom stereocenters. The SMILES string of the molecule is C#CCN(CC(=O)Nc1cc(OC)c(Cl)cc1OC)C1CCS(=O)(=O)C1. The second-order valence-corrected chi connectivity index (χ2v) is 8.54. The first-order chi connectivity index (χ1) is 12.3. The highest BCUT2D eigenvalue weighted by atomic mass is 35.5. The maximum atomic E-state index is 12.5. The summed E-state index contributed by atoms with van der Waals surface area (Å²) in [6, 6.07) is 2.84. The fraction of sp³-hybridized carbons (Fsp3) is 0.471. The monoisotopic (exact) mass is 400 g/mol. The number of methoxy groups -OCH3 is 2. The lowest BCUT2D eigenvalue weighted by Gasteiger charge is -2.25. The molecule has 0 aromatic heterocycles. The first-order valence-corrected chi connectivity index (χ1v) is 10.1. The fourth-order valence-corrected chi connectivity index (χ4v) is 4.82. The number of nitrogens with one attached hydrogen (secondary N) is 1. The minimum atomic E-state index is -3.07. The van der Waals surface area contributed by atoms with Gasteiger partial charge in [-0.3, -0.25) is 9.69 Å². The van der Waals surface area contributed by atoms with Gasteiger partial charge in [0.15, 0.2) is 9.84 Å². The van der Waals surface area contributed by atoms with Gasteiger partial charge in [0.25, 0.3) is 0 Å². The third-order valence-electron chi connectivity index (χ3n) is 4.11. The summed E-state index contributed by atoms with van der Waals surface area (Å²) in [4.78, 5) is 14.2. The molecule has 1 N–H and O–H groups in total. The van der Waals surface area contributed by atoms with Gasteiger partial charge in [0.05, 0.1) is 49.5 Å². The number of carbonyl (C=O) groups is 1. The summed E-state index contributed by atoms with van der Waals surface area (Å²) in [5, 5.41) is 3.09. The van der Waals surface area contributed by atoms with Crippen LogP contribution >= 0.6 is 11.6 Å². The molecule has 0 radical (unpaired) electrons. The fourth-order valence-electron chi connectivity index (χ4n) is 2.83. The average molecular weight is 401 g/mol. The van der Waals surface area contributed by atoms with Crippen molar-refractivity contribution < 1.29 is 22.7 Å². The van der Waals surface area contributed by atoms with Gasteiger partial charge in [0.1, 0.15) is 11.5 Å². The molecule has 0 spiro atoms. The predicted octanol–water partition coefficient (Wildman–Crippen LogP) is 1.42. The zero-order chi connectivity index (χ0) is 19.3. The van der Waals surface area contributed by atoms with Crippen molar-refractivity contribution in [3.63, 3.8) is 0 Å². The van der Waals surface area contributed by atoms with Gasteiger partial charge in [-0.25, -0.2) is 8.42 Å². The highest BCUT2D eigenvalue weighted by Crippen LogP contribution is 2.35. The molecule has 7 nitrogen and oxygen atoms in total. The number of nitrogens with zero attached hydrogens (tertiary/aromatic N) is 1. The second kappa shape index (κ2) is 8.62. The molecule has 9 heteroatoms. The maximum Gasteiger partial charge on any atom is 0.238 e. The van der Waals surface area contributed by atoms with E-state index in [1.54, 1.807) is 17.0 Å². The number of hydrogen-bond acceptors (Lipinski definition) is 6. The molecule has 2 rings (SSSR count). The Labute approximate surface area is 158 Å². The predicted molar refractivity (Wildman–Crippen MR) is 101 cm³/mol. The minimum absolute atomic E-state index is 0.0139. The quantitative estimate of drug-likeness (QED) is 0.697. The number of rotatable bonds is 7. The minimum Gasteiger partial charge on any atom is -0.495 e. The van der Waals surface area contributed by atoms with Crippen LogP contribution in [0.3, 0.4) is 0 Å². The molecule has 1 aliphatic rings. The summed E-state index contributed by atoms with van der Waals surface area (Å²) in [5.41, 5.74) is 0.401. The van der Waals surface area contributed by atoms with Gasteiger partial charge in [-0.1, -0.05) is 17.5 Å². The van der Waals surface area contributed by atoms with Gasteiger partial charge in [-0.2, -0.15) is 0 Å². The molecular formula is C17H21ClN2O5S. The zero-order valence-corrected chi connectivity index (χ0v) is 16.2. The number of benzene rings is 1. The van der Waals surface area contributed by atoms with E-state index < -0.39 is 9.84 Å². The Kier molecular flexibility index (Phi) is 6.75. The van der Waals surface area contributed by atoms with Crippen molar-refractivity contribution in [2.24, 2.45) is 0 Å². The summed E-state index contributed by atoms with van der Waals surface area (Å²) in [7, 11) is -0.144. The van der Waals surface area contributed by atoms with Crippen molar-refractivity contribution >= 4 is 33.0 Å². The Balaban J connectivity index is 2.12. The number of ether oxygens (including phenoxy) is 2. The van der Waals surface area contributed by atoms with Crippen LogP contribution in [0.2, 0.25) is 5.02 Å². The molecule has 1 fully saturated rings. The van der Waals surface area contributed by atoms with E-state index in [-0.39, 0.29) is 36.5 Å². The van der Waals surface area contributed by atoms with Gasteiger partial charge < -0.3 is 14.8 Å². The van der Waals surface area contributed by atoms with Crippen molar-refractivity contribution in [2.45, 2.75) is 12.5 Å².